The summed E-state index contributed by atoms with van der Waals surface area (Å²) in [7, 11) is 0. The van der Waals surface area contributed by atoms with Gasteiger partial charge in [0.15, 0.2) is 0 Å². The molecule has 0 heterocycles. The van der Waals surface area contributed by atoms with Crippen molar-refractivity contribution in [2.45, 2.75) is 25.2 Å². The second-order valence-electron chi connectivity index (χ2n) is 4.67. The number of rotatable bonds is 3. The Hall–Kier alpha value is -1.03. The quantitative estimate of drug-likeness (QED) is 0.885. The summed E-state index contributed by atoms with van der Waals surface area (Å²) < 4.78 is 1.12. The molecule has 0 aliphatic heterocycles. The lowest BCUT2D eigenvalue weighted by molar-refractivity contribution is 0.247. The Morgan fingerprint density at radius 2 is 2.06 bits per heavy atom. The van der Waals surface area contributed by atoms with Gasteiger partial charge in [0.05, 0.1) is 0 Å². The number of hydrogen-bond donors (Lipinski definition) is 2. The van der Waals surface area contributed by atoms with Crippen molar-refractivity contribution >= 4 is 22.0 Å². The van der Waals surface area contributed by atoms with Gasteiger partial charge in [-0.25, -0.2) is 4.79 Å². The average Bonchev–Trinajstić information content (AvgIpc) is 2.76. The molecule has 2 rings (SSSR count). The van der Waals surface area contributed by atoms with Crippen molar-refractivity contribution in [3.05, 3.63) is 34.3 Å². The number of benzene rings is 1. The van der Waals surface area contributed by atoms with Crippen LogP contribution in [0.25, 0.3) is 0 Å². The number of urea groups is 1. The zero-order chi connectivity index (χ0) is 12.3. The Bertz CT molecular complexity index is 391. The van der Waals surface area contributed by atoms with Crippen molar-refractivity contribution in [2.75, 3.05) is 6.54 Å². The molecule has 3 N–H and O–H groups in total. The van der Waals surface area contributed by atoms with Crippen LogP contribution < -0.4 is 11.1 Å². The van der Waals surface area contributed by atoms with E-state index >= 15 is 0 Å². The summed E-state index contributed by atoms with van der Waals surface area (Å²) in [6.45, 7) is 0.711. The lowest BCUT2D eigenvalue weighted by Crippen LogP contribution is -2.33. The first-order chi connectivity index (χ1) is 8.15. The predicted octanol–water partition coefficient (Wildman–Crippen LogP) is 3.00. The largest absolute Gasteiger partial charge is 0.352 e. The number of nitrogens with two attached hydrogens (primary N) is 1. The highest BCUT2D eigenvalue weighted by atomic mass is 79.9. The number of nitrogens with one attached hydrogen (secondary N) is 1. The van der Waals surface area contributed by atoms with Crippen LogP contribution in [-0.4, -0.2) is 12.6 Å². The average molecular weight is 297 g/mol. The minimum atomic E-state index is -0.419. The molecule has 0 aromatic heterocycles. The van der Waals surface area contributed by atoms with Gasteiger partial charge < -0.3 is 11.1 Å². The topological polar surface area (TPSA) is 55.1 Å². The standard InChI is InChI=1S/C13H17BrN2O/c14-12-5-3-10(4-6-12)11-2-1-9(7-11)8-16-13(15)17/h3-6,9,11H,1-2,7-8H2,(H3,15,16,17)/t9?,11-/m0/s1. The van der Waals surface area contributed by atoms with E-state index in [1.807, 2.05) is 0 Å². The van der Waals surface area contributed by atoms with Gasteiger partial charge in [0, 0.05) is 11.0 Å². The Morgan fingerprint density at radius 1 is 1.35 bits per heavy atom. The maximum atomic E-state index is 10.7. The molecule has 1 aromatic rings. The van der Waals surface area contributed by atoms with E-state index in [9.17, 15) is 4.79 Å². The zero-order valence-corrected chi connectivity index (χ0v) is 11.2. The third-order valence-electron chi connectivity index (χ3n) is 3.45. The number of carbonyl (C=O) groups excluding carboxylic acids is 1. The second-order valence-corrected chi connectivity index (χ2v) is 5.59. The molecule has 2 amide bonds. The van der Waals surface area contributed by atoms with Crippen LogP contribution in [-0.2, 0) is 0 Å². The van der Waals surface area contributed by atoms with E-state index in [2.05, 4.69) is 45.5 Å². The number of hydrogen-bond acceptors (Lipinski definition) is 1. The van der Waals surface area contributed by atoms with Crippen LogP contribution >= 0.6 is 15.9 Å². The Balaban J connectivity index is 1.89. The molecule has 0 spiro atoms. The highest BCUT2D eigenvalue weighted by Crippen LogP contribution is 2.38. The van der Waals surface area contributed by atoms with Gasteiger partial charge in [0.1, 0.15) is 0 Å². The van der Waals surface area contributed by atoms with E-state index < -0.39 is 6.03 Å². The Kier molecular flexibility index (Phi) is 4.05. The van der Waals surface area contributed by atoms with E-state index in [1.165, 1.54) is 18.4 Å². The van der Waals surface area contributed by atoms with Crippen molar-refractivity contribution in [2.24, 2.45) is 11.7 Å². The molecule has 4 heteroatoms. The molecule has 1 aromatic carbocycles. The van der Waals surface area contributed by atoms with E-state index in [1.54, 1.807) is 0 Å². The summed E-state index contributed by atoms with van der Waals surface area (Å²) in [6.07, 6.45) is 3.51. The molecule has 1 saturated carbocycles. The van der Waals surface area contributed by atoms with Gasteiger partial charge in [-0.05, 0) is 48.8 Å². The summed E-state index contributed by atoms with van der Waals surface area (Å²) >= 11 is 3.45. The zero-order valence-electron chi connectivity index (χ0n) is 9.66. The normalized spacial score (nSPS) is 23.6. The maximum Gasteiger partial charge on any atom is 0.312 e. The fourth-order valence-corrected chi connectivity index (χ4v) is 2.81. The first-order valence-electron chi connectivity index (χ1n) is 5.94. The molecule has 17 heavy (non-hydrogen) atoms. The minimum absolute atomic E-state index is 0.419. The van der Waals surface area contributed by atoms with E-state index in [0.29, 0.717) is 18.4 Å². The molecule has 1 aliphatic rings. The van der Waals surface area contributed by atoms with Crippen molar-refractivity contribution in [1.29, 1.82) is 0 Å². The number of amides is 2. The number of carbonyl (C=O) groups is 1. The highest BCUT2D eigenvalue weighted by molar-refractivity contribution is 9.10. The summed E-state index contributed by atoms with van der Waals surface area (Å²) in [5.74, 6) is 1.19. The van der Waals surface area contributed by atoms with Crippen LogP contribution in [0.5, 0.6) is 0 Å². The molecule has 0 saturated heterocycles. The summed E-state index contributed by atoms with van der Waals surface area (Å²) in [6, 6.07) is 8.11. The predicted molar refractivity (Wildman–Crippen MR) is 71.8 cm³/mol. The monoisotopic (exact) mass is 296 g/mol. The first-order valence-corrected chi connectivity index (χ1v) is 6.73. The van der Waals surface area contributed by atoms with Crippen LogP contribution in [0.3, 0.4) is 0 Å². The molecular weight excluding hydrogens is 280 g/mol. The third kappa shape index (κ3) is 3.46. The van der Waals surface area contributed by atoms with Crippen LogP contribution in [0.1, 0.15) is 30.7 Å². The SMILES string of the molecule is NC(=O)NCC1CC[C@H](c2ccc(Br)cc2)C1. The van der Waals surface area contributed by atoms with E-state index in [4.69, 9.17) is 5.73 Å². The van der Waals surface area contributed by atoms with Gasteiger partial charge in [-0.1, -0.05) is 28.1 Å². The van der Waals surface area contributed by atoms with Crippen LogP contribution in [0.2, 0.25) is 0 Å². The fraction of sp³-hybridized carbons (Fsp3) is 0.462. The second kappa shape index (κ2) is 5.54. The van der Waals surface area contributed by atoms with Gasteiger partial charge in [-0.2, -0.15) is 0 Å². The van der Waals surface area contributed by atoms with Gasteiger partial charge in [0.25, 0.3) is 0 Å². The smallest absolute Gasteiger partial charge is 0.312 e. The molecule has 1 aliphatic carbocycles. The first kappa shape index (κ1) is 12.4. The minimum Gasteiger partial charge on any atom is -0.352 e. The Morgan fingerprint density at radius 3 is 2.71 bits per heavy atom. The molecule has 1 fully saturated rings. The van der Waals surface area contributed by atoms with Crippen molar-refractivity contribution in [3.8, 4) is 0 Å². The molecule has 2 atom stereocenters. The summed E-state index contributed by atoms with van der Waals surface area (Å²) in [5, 5.41) is 2.70. The molecule has 92 valence electrons. The summed E-state index contributed by atoms with van der Waals surface area (Å²) in [4.78, 5) is 10.7. The van der Waals surface area contributed by atoms with Gasteiger partial charge in [-0.3, -0.25) is 0 Å². The van der Waals surface area contributed by atoms with E-state index in [0.717, 1.165) is 10.9 Å². The lowest BCUT2D eigenvalue weighted by atomic mass is 9.96. The van der Waals surface area contributed by atoms with Gasteiger partial charge in [-0.15, -0.1) is 0 Å². The van der Waals surface area contributed by atoms with Crippen LogP contribution in [0.4, 0.5) is 4.79 Å². The molecule has 0 bridgehead atoms. The fourth-order valence-electron chi connectivity index (χ4n) is 2.54. The van der Waals surface area contributed by atoms with Gasteiger partial charge >= 0.3 is 6.03 Å². The molecule has 3 nitrogen and oxygen atoms in total. The van der Waals surface area contributed by atoms with Crippen molar-refractivity contribution < 1.29 is 4.79 Å². The van der Waals surface area contributed by atoms with E-state index in [-0.39, 0.29) is 0 Å². The van der Waals surface area contributed by atoms with Crippen LogP contribution in [0, 0.1) is 5.92 Å². The lowest BCUT2D eigenvalue weighted by Gasteiger charge is -2.12. The molecular formula is C13H17BrN2O. The Labute approximate surface area is 110 Å². The maximum absolute atomic E-state index is 10.7. The molecule has 1 unspecified atom stereocenters. The number of primary amides is 1. The summed E-state index contributed by atoms with van der Waals surface area (Å²) in [5.41, 5.74) is 6.48. The van der Waals surface area contributed by atoms with Crippen molar-refractivity contribution in [3.63, 3.8) is 0 Å². The molecule has 0 radical (unpaired) electrons. The third-order valence-corrected chi connectivity index (χ3v) is 3.98. The number of halogens is 1. The van der Waals surface area contributed by atoms with Crippen molar-refractivity contribution in [1.82, 2.24) is 5.32 Å². The van der Waals surface area contributed by atoms with Crippen LogP contribution in [0.15, 0.2) is 28.7 Å². The highest BCUT2D eigenvalue weighted by Gasteiger charge is 2.25. The van der Waals surface area contributed by atoms with Gasteiger partial charge in [0.2, 0.25) is 0 Å².